The van der Waals surface area contributed by atoms with Gasteiger partial charge >= 0.3 is 11.6 Å². The summed E-state index contributed by atoms with van der Waals surface area (Å²) in [7, 11) is 0. The Balaban J connectivity index is 1.44. The molecule has 162 valence electrons. The predicted molar refractivity (Wildman–Crippen MR) is 120 cm³/mol. The Hall–Kier alpha value is -4.20. The van der Waals surface area contributed by atoms with Crippen LogP contribution < -0.4 is 9.13 Å². The van der Waals surface area contributed by atoms with E-state index in [1.54, 1.807) is 0 Å². The fourth-order valence-corrected chi connectivity index (χ4v) is 3.81. The first-order valence-electron chi connectivity index (χ1n) is 10.5. The topological polar surface area (TPSA) is 82.8 Å². The minimum Gasteiger partial charge on any atom is -0.411 e. The number of rotatable bonds is 9. The van der Waals surface area contributed by atoms with Gasteiger partial charge in [0.15, 0.2) is 12.4 Å². The Morgan fingerprint density at radius 2 is 1.06 bits per heavy atom. The highest BCUT2D eigenvalue weighted by Gasteiger charge is 2.19. The lowest BCUT2D eigenvalue weighted by Crippen LogP contribution is -2.39. The summed E-state index contributed by atoms with van der Waals surface area (Å²) in [5, 5.41) is 24.8. The van der Waals surface area contributed by atoms with E-state index in [1.807, 2.05) is 94.6 Å². The molecule has 0 spiro atoms. The third-order valence-electron chi connectivity index (χ3n) is 5.34. The number of para-hydroxylation sites is 2. The van der Waals surface area contributed by atoms with Gasteiger partial charge < -0.3 is 10.4 Å². The zero-order valence-electron chi connectivity index (χ0n) is 17.6. The number of aromatic nitrogens is 4. The van der Waals surface area contributed by atoms with E-state index in [2.05, 4.69) is 19.4 Å². The maximum absolute atomic E-state index is 9.14. The van der Waals surface area contributed by atoms with Crippen LogP contribution in [0.15, 0.2) is 95.8 Å². The molecule has 2 heterocycles. The molecule has 0 saturated heterocycles. The average Bonchev–Trinajstić information content (AvgIpc) is 3.42. The molecule has 0 amide bonds. The zero-order chi connectivity index (χ0) is 22.2. The number of aryl methyl sites for hydroxylation is 2. The van der Waals surface area contributed by atoms with Crippen molar-refractivity contribution in [1.82, 2.24) is 9.13 Å². The molecule has 0 atom stereocenters. The molecule has 2 aromatic carbocycles. The summed E-state index contributed by atoms with van der Waals surface area (Å²) in [6.45, 7) is 1.56. The fourth-order valence-electron chi connectivity index (χ4n) is 3.81. The average molecular weight is 431 g/mol. The zero-order valence-corrected chi connectivity index (χ0v) is 17.6. The van der Waals surface area contributed by atoms with Crippen molar-refractivity contribution < 1.29 is 19.5 Å². The Labute approximate surface area is 186 Å². The van der Waals surface area contributed by atoms with Gasteiger partial charge in [0, 0.05) is 0 Å². The second-order valence-electron chi connectivity index (χ2n) is 7.31. The maximum Gasteiger partial charge on any atom is 0.308 e. The standard InChI is InChI=1S/C24H24N6O2/c31-25-19-23-27(15-17-29(23)21-9-3-1-4-10-21)13-7-8-14-28-16-18-30(24(28)20-26-32)22-11-5-2-6-12-22/h1-6,9-12,15-20H,7-8,13-14H2/p+2. The van der Waals surface area contributed by atoms with Gasteiger partial charge in [0.05, 0.1) is 13.1 Å². The van der Waals surface area contributed by atoms with E-state index in [0.717, 1.165) is 49.0 Å². The Morgan fingerprint density at radius 1 is 0.656 bits per heavy atom. The van der Waals surface area contributed by atoms with Crippen molar-refractivity contribution in [2.75, 3.05) is 0 Å². The molecular formula is C24H26N6O2+2. The Bertz CT molecular complexity index is 1100. The molecule has 8 nitrogen and oxygen atoms in total. The third-order valence-corrected chi connectivity index (χ3v) is 5.34. The molecule has 2 N–H and O–H groups in total. The SMILES string of the molecule is O/N=C\c1n(-c2ccccc2)cc[n+]1CCCC[n+]1ccn(-c2ccccc2)c1/C=N/O. The summed E-state index contributed by atoms with van der Waals surface area (Å²) < 4.78 is 8.12. The highest BCUT2D eigenvalue weighted by molar-refractivity contribution is 5.74. The first kappa shape index (κ1) is 21.0. The summed E-state index contributed by atoms with van der Waals surface area (Å²) >= 11 is 0. The molecule has 2 aromatic heterocycles. The summed E-state index contributed by atoms with van der Waals surface area (Å²) in [5.41, 5.74) is 2.01. The van der Waals surface area contributed by atoms with Crippen LogP contribution in [0.2, 0.25) is 0 Å². The van der Waals surface area contributed by atoms with Crippen molar-refractivity contribution in [1.29, 1.82) is 0 Å². The van der Waals surface area contributed by atoms with Crippen LogP contribution in [-0.2, 0) is 13.1 Å². The van der Waals surface area contributed by atoms with Crippen LogP contribution in [0, 0.1) is 0 Å². The van der Waals surface area contributed by atoms with Crippen molar-refractivity contribution in [2.45, 2.75) is 25.9 Å². The van der Waals surface area contributed by atoms with Crippen LogP contribution in [0.5, 0.6) is 0 Å². The van der Waals surface area contributed by atoms with Gasteiger partial charge in [-0.25, -0.2) is 9.13 Å². The number of imidazole rings is 2. The Kier molecular flexibility index (Phi) is 6.72. The molecule has 4 rings (SSSR count). The summed E-state index contributed by atoms with van der Waals surface area (Å²) in [4.78, 5) is 0. The molecule has 0 bridgehead atoms. The van der Waals surface area contributed by atoms with Crippen molar-refractivity contribution >= 4 is 12.4 Å². The molecule has 32 heavy (non-hydrogen) atoms. The first-order chi connectivity index (χ1) is 15.8. The van der Waals surface area contributed by atoms with Crippen molar-refractivity contribution in [3.8, 4) is 11.4 Å². The minimum atomic E-state index is 0.782. The van der Waals surface area contributed by atoms with Crippen molar-refractivity contribution in [3.63, 3.8) is 0 Å². The van der Waals surface area contributed by atoms with Gasteiger partial charge in [-0.3, -0.25) is 0 Å². The summed E-state index contributed by atoms with van der Waals surface area (Å²) in [6, 6.07) is 19.9. The highest BCUT2D eigenvalue weighted by Crippen LogP contribution is 2.10. The van der Waals surface area contributed by atoms with Gasteiger partial charge in [0.1, 0.15) is 36.2 Å². The second kappa shape index (κ2) is 10.2. The van der Waals surface area contributed by atoms with Crippen molar-refractivity contribution in [2.24, 2.45) is 10.3 Å². The first-order valence-corrected chi connectivity index (χ1v) is 10.5. The van der Waals surface area contributed by atoms with Crippen LogP contribution >= 0.6 is 0 Å². The maximum atomic E-state index is 9.14. The van der Waals surface area contributed by atoms with Crippen LogP contribution in [0.25, 0.3) is 11.4 Å². The number of unbranched alkanes of at least 4 members (excludes halogenated alkanes) is 1. The lowest BCUT2D eigenvalue weighted by atomic mass is 10.3. The minimum absolute atomic E-state index is 0.782. The molecule has 0 aliphatic heterocycles. The van der Waals surface area contributed by atoms with Gasteiger partial charge in [-0.15, -0.1) is 0 Å². The highest BCUT2D eigenvalue weighted by atomic mass is 16.4. The molecule has 0 aliphatic rings. The predicted octanol–water partition coefficient (Wildman–Crippen LogP) is 2.94. The molecule has 0 radical (unpaired) electrons. The lowest BCUT2D eigenvalue weighted by molar-refractivity contribution is -0.708. The van der Waals surface area contributed by atoms with Crippen molar-refractivity contribution in [3.05, 3.63) is 97.1 Å². The van der Waals surface area contributed by atoms with Gasteiger partial charge in [-0.05, 0) is 37.1 Å². The van der Waals surface area contributed by atoms with E-state index in [-0.39, 0.29) is 0 Å². The number of nitrogens with zero attached hydrogens (tertiary/aromatic N) is 6. The Morgan fingerprint density at radius 3 is 1.44 bits per heavy atom. The van der Waals surface area contributed by atoms with Gasteiger partial charge in [0.2, 0.25) is 0 Å². The van der Waals surface area contributed by atoms with E-state index in [4.69, 9.17) is 10.4 Å². The molecular weight excluding hydrogens is 404 g/mol. The van der Waals surface area contributed by atoms with Crippen LogP contribution in [0.4, 0.5) is 0 Å². The monoisotopic (exact) mass is 430 g/mol. The van der Waals surface area contributed by atoms with E-state index >= 15 is 0 Å². The fraction of sp³-hybridized carbons (Fsp3) is 0.167. The van der Waals surface area contributed by atoms with E-state index in [0.29, 0.717) is 0 Å². The van der Waals surface area contributed by atoms with E-state index < -0.39 is 0 Å². The second-order valence-corrected chi connectivity index (χ2v) is 7.31. The molecule has 0 fully saturated rings. The number of hydrogen-bond donors (Lipinski definition) is 2. The van der Waals surface area contributed by atoms with E-state index in [9.17, 15) is 0 Å². The number of oxime groups is 2. The molecule has 0 aliphatic carbocycles. The van der Waals surface area contributed by atoms with Crippen LogP contribution in [-0.4, -0.2) is 32.0 Å². The quantitative estimate of drug-likeness (QED) is 0.141. The normalized spacial score (nSPS) is 11.6. The van der Waals surface area contributed by atoms with E-state index in [1.165, 1.54) is 12.4 Å². The molecule has 8 heteroatoms. The summed E-state index contributed by atoms with van der Waals surface area (Å²) in [6.07, 6.45) is 12.7. The van der Waals surface area contributed by atoms with Crippen LogP contribution in [0.1, 0.15) is 24.5 Å². The van der Waals surface area contributed by atoms with Gasteiger partial charge in [-0.1, -0.05) is 46.7 Å². The number of hydrogen-bond acceptors (Lipinski definition) is 4. The third kappa shape index (κ3) is 4.59. The lowest BCUT2D eigenvalue weighted by Gasteiger charge is -2.03. The summed E-state index contributed by atoms with van der Waals surface area (Å²) in [5.74, 6) is 1.60. The smallest absolute Gasteiger partial charge is 0.308 e. The largest absolute Gasteiger partial charge is 0.411 e. The molecule has 0 saturated carbocycles. The van der Waals surface area contributed by atoms with Gasteiger partial charge in [-0.2, -0.15) is 9.13 Å². The van der Waals surface area contributed by atoms with Gasteiger partial charge in [0.25, 0.3) is 0 Å². The molecule has 4 aromatic rings. The van der Waals surface area contributed by atoms with Crippen LogP contribution in [0.3, 0.4) is 0 Å². The molecule has 0 unspecified atom stereocenters. The number of benzene rings is 2.